The van der Waals surface area contributed by atoms with Crippen molar-refractivity contribution in [2.24, 2.45) is 5.73 Å². The number of benzene rings is 1. The number of hydrogen-bond acceptors (Lipinski definition) is 3. The molecule has 0 bridgehead atoms. The fraction of sp³-hybridized carbons (Fsp3) is 0.625. The van der Waals surface area contributed by atoms with Crippen molar-refractivity contribution in [3.8, 4) is 0 Å². The monoisotopic (exact) mass is 262 g/mol. The predicted molar refractivity (Wildman–Crippen MR) is 79.3 cm³/mol. The quantitative estimate of drug-likeness (QED) is 0.909. The summed E-state index contributed by atoms with van der Waals surface area (Å²) < 4.78 is 5.81. The fourth-order valence-corrected chi connectivity index (χ4v) is 2.94. The van der Waals surface area contributed by atoms with E-state index >= 15 is 0 Å². The summed E-state index contributed by atoms with van der Waals surface area (Å²) >= 11 is 0. The molecule has 3 nitrogen and oxygen atoms in total. The van der Waals surface area contributed by atoms with Crippen LogP contribution in [0.15, 0.2) is 18.2 Å². The average Bonchev–Trinajstić information content (AvgIpc) is 2.33. The highest BCUT2D eigenvalue weighted by molar-refractivity contribution is 5.32. The van der Waals surface area contributed by atoms with Gasteiger partial charge in [-0.1, -0.05) is 18.2 Å². The summed E-state index contributed by atoms with van der Waals surface area (Å²) in [7, 11) is 0. The molecule has 2 rings (SSSR count). The highest BCUT2D eigenvalue weighted by Gasteiger charge is 2.28. The minimum atomic E-state index is 0.282. The van der Waals surface area contributed by atoms with Gasteiger partial charge in [0.05, 0.1) is 12.2 Å². The molecule has 0 radical (unpaired) electrons. The van der Waals surface area contributed by atoms with Crippen molar-refractivity contribution in [1.82, 2.24) is 4.90 Å². The summed E-state index contributed by atoms with van der Waals surface area (Å²) in [6, 6.07) is 6.98. The van der Waals surface area contributed by atoms with E-state index in [0.29, 0.717) is 12.6 Å². The van der Waals surface area contributed by atoms with E-state index in [-0.39, 0.29) is 12.2 Å². The molecular weight excluding hydrogens is 236 g/mol. The maximum Gasteiger partial charge on any atom is 0.0678 e. The van der Waals surface area contributed by atoms with Gasteiger partial charge in [-0.2, -0.15) is 0 Å². The van der Waals surface area contributed by atoms with Gasteiger partial charge >= 0.3 is 0 Å². The van der Waals surface area contributed by atoms with Gasteiger partial charge in [-0.25, -0.2) is 0 Å². The van der Waals surface area contributed by atoms with Gasteiger partial charge in [0.2, 0.25) is 0 Å². The first-order valence-electron chi connectivity index (χ1n) is 7.18. The van der Waals surface area contributed by atoms with Crippen molar-refractivity contribution in [3.05, 3.63) is 34.9 Å². The second-order valence-electron chi connectivity index (χ2n) is 5.81. The molecule has 0 amide bonds. The lowest BCUT2D eigenvalue weighted by Crippen LogP contribution is -2.48. The van der Waals surface area contributed by atoms with E-state index in [1.165, 1.54) is 16.7 Å². The van der Waals surface area contributed by atoms with Gasteiger partial charge in [0, 0.05) is 25.7 Å². The lowest BCUT2D eigenvalue weighted by molar-refractivity contribution is -0.0799. The summed E-state index contributed by atoms with van der Waals surface area (Å²) in [6.45, 7) is 11.2. The molecule has 1 fully saturated rings. The van der Waals surface area contributed by atoms with Gasteiger partial charge in [-0.05, 0) is 44.4 Å². The standard InChI is InChI=1S/C16H26N2O/c1-11-5-6-15(7-12(11)2)16(8-17)18-9-13(3)19-14(4)10-18/h5-7,13-14,16H,8-10,17H2,1-4H3/t13-,14-,16+/m0/s1. The van der Waals surface area contributed by atoms with Gasteiger partial charge in [0.15, 0.2) is 0 Å². The minimum Gasteiger partial charge on any atom is -0.373 e. The Bertz CT molecular complexity index is 423. The van der Waals surface area contributed by atoms with Gasteiger partial charge in [0.1, 0.15) is 0 Å². The fourth-order valence-electron chi connectivity index (χ4n) is 2.94. The maximum absolute atomic E-state index is 6.03. The third kappa shape index (κ3) is 3.35. The molecular formula is C16H26N2O. The van der Waals surface area contributed by atoms with Crippen LogP contribution in [-0.4, -0.2) is 36.7 Å². The van der Waals surface area contributed by atoms with E-state index in [2.05, 4.69) is 50.8 Å². The van der Waals surface area contributed by atoms with Crippen LogP contribution >= 0.6 is 0 Å². The normalized spacial score (nSPS) is 26.4. The molecule has 0 saturated carbocycles. The van der Waals surface area contributed by atoms with Crippen molar-refractivity contribution < 1.29 is 4.74 Å². The Hall–Kier alpha value is -0.900. The zero-order chi connectivity index (χ0) is 14.0. The summed E-state index contributed by atoms with van der Waals surface area (Å²) in [6.07, 6.45) is 0.564. The molecule has 0 aliphatic carbocycles. The molecule has 1 heterocycles. The molecule has 1 aliphatic heterocycles. The summed E-state index contributed by atoms with van der Waals surface area (Å²) in [5, 5.41) is 0. The van der Waals surface area contributed by atoms with Crippen molar-refractivity contribution in [2.75, 3.05) is 19.6 Å². The number of aryl methyl sites for hydroxylation is 2. The molecule has 1 aromatic carbocycles. The van der Waals surface area contributed by atoms with E-state index in [0.717, 1.165) is 13.1 Å². The summed E-state index contributed by atoms with van der Waals surface area (Å²) in [4.78, 5) is 2.46. The Balaban J connectivity index is 2.21. The topological polar surface area (TPSA) is 38.5 Å². The van der Waals surface area contributed by atoms with E-state index in [4.69, 9.17) is 10.5 Å². The molecule has 1 aliphatic rings. The molecule has 1 aromatic rings. The first-order valence-corrected chi connectivity index (χ1v) is 7.18. The molecule has 3 atom stereocenters. The molecule has 0 aromatic heterocycles. The van der Waals surface area contributed by atoms with Crippen LogP contribution in [0.2, 0.25) is 0 Å². The number of ether oxygens (including phenoxy) is 1. The number of nitrogens with two attached hydrogens (primary N) is 1. The number of hydrogen-bond donors (Lipinski definition) is 1. The largest absolute Gasteiger partial charge is 0.373 e. The van der Waals surface area contributed by atoms with Crippen molar-refractivity contribution >= 4 is 0 Å². The molecule has 0 unspecified atom stereocenters. The van der Waals surface area contributed by atoms with Gasteiger partial charge < -0.3 is 10.5 Å². The lowest BCUT2D eigenvalue weighted by atomic mass is 9.99. The van der Waals surface area contributed by atoms with Crippen LogP contribution in [0.25, 0.3) is 0 Å². The molecule has 2 N–H and O–H groups in total. The SMILES string of the molecule is Cc1ccc([C@@H](CN)N2C[C@H](C)O[C@@H](C)C2)cc1C. The Morgan fingerprint density at radius 2 is 1.84 bits per heavy atom. The first kappa shape index (κ1) is 14.5. The summed E-state index contributed by atoms with van der Waals surface area (Å²) in [5.74, 6) is 0. The van der Waals surface area contributed by atoms with E-state index in [1.807, 2.05) is 0 Å². The van der Waals surface area contributed by atoms with Crippen molar-refractivity contribution in [2.45, 2.75) is 45.9 Å². The van der Waals surface area contributed by atoms with Crippen LogP contribution in [0, 0.1) is 13.8 Å². The molecule has 0 spiro atoms. The predicted octanol–water partition coefficient (Wildman–Crippen LogP) is 2.41. The van der Waals surface area contributed by atoms with Crippen LogP contribution in [0.4, 0.5) is 0 Å². The Labute approximate surface area is 116 Å². The Morgan fingerprint density at radius 1 is 1.21 bits per heavy atom. The number of rotatable bonds is 3. The Morgan fingerprint density at radius 3 is 2.37 bits per heavy atom. The number of nitrogens with zero attached hydrogens (tertiary/aromatic N) is 1. The van der Waals surface area contributed by atoms with Gasteiger partial charge in [-0.15, -0.1) is 0 Å². The smallest absolute Gasteiger partial charge is 0.0678 e. The lowest BCUT2D eigenvalue weighted by Gasteiger charge is -2.40. The van der Waals surface area contributed by atoms with Crippen LogP contribution in [0.3, 0.4) is 0 Å². The van der Waals surface area contributed by atoms with Crippen LogP contribution in [-0.2, 0) is 4.74 Å². The van der Waals surface area contributed by atoms with E-state index in [9.17, 15) is 0 Å². The van der Waals surface area contributed by atoms with Crippen LogP contribution in [0.1, 0.15) is 36.6 Å². The Kier molecular flexibility index (Phi) is 4.61. The van der Waals surface area contributed by atoms with Gasteiger partial charge in [0.25, 0.3) is 0 Å². The summed E-state index contributed by atoms with van der Waals surface area (Å²) in [5.41, 5.74) is 10.0. The highest BCUT2D eigenvalue weighted by Crippen LogP contribution is 2.25. The highest BCUT2D eigenvalue weighted by atomic mass is 16.5. The van der Waals surface area contributed by atoms with Crippen molar-refractivity contribution in [1.29, 1.82) is 0 Å². The second-order valence-corrected chi connectivity index (χ2v) is 5.81. The van der Waals surface area contributed by atoms with E-state index < -0.39 is 0 Å². The second kappa shape index (κ2) is 6.04. The van der Waals surface area contributed by atoms with E-state index in [1.54, 1.807) is 0 Å². The minimum absolute atomic E-state index is 0.282. The first-order chi connectivity index (χ1) is 9.01. The third-order valence-corrected chi connectivity index (χ3v) is 4.03. The third-order valence-electron chi connectivity index (χ3n) is 4.03. The molecule has 1 saturated heterocycles. The number of morpholine rings is 1. The van der Waals surface area contributed by atoms with Crippen LogP contribution in [0.5, 0.6) is 0 Å². The zero-order valence-electron chi connectivity index (χ0n) is 12.5. The molecule has 3 heteroatoms. The van der Waals surface area contributed by atoms with Gasteiger partial charge in [-0.3, -0.25) is 4.90 Å². The average molecular weight is 262 g/mol. The zero-order valence-corrected chi connectivity index (χ0v) is 12.5. The maximum atomic E-state index is 6.03. The van der Waals surface area contributed by atoms with Crippen LogP contribution < -0.4 is 5.73 Å². The molecule has 106 valence electrons. The molecule has 19 heavy (non-hydrogen) atoms. The van der Waals surface area contributed by atoms with Crippen molar-refractivity contribution in [3.63, 3.8) is 0 Å².